The first-order chi connectivity index (χ1) is 6.92. The van der Waals surface area contributed by atoms with E-state index in [9.17, 15) is 0 Å². The van der Waals surface area contributed by atoms with Crippen LogP contribution in [-0.4, -0.2) is 0 Å². The van der Waals surface area contributed by atoms with E-state index in [0.717, 1.165) is 11.8 Å². The standard InChI is InChI=1S/C9H20.C7H16.4CH4/c1-6-7-8(2)9(3,4)5;1-6(2)7(3,4)5;;;;/h8H,6-7H2,1-5H3;6H,1-5H3;4*1H4. The maximum atomic E-state index is 2.34. The SMILES string of the molecule is C.C.C.C.CC(C)C(C)(C)C.CCCC(C)C(C)(C)C. The summed E-state index contributed by atoms with van der Waals surface area (Å²) in [6.45, 7) is 22.8. The van der Waals surface area contributed by atoms with Crippen molar-refractivity contribution in [1.29, 1.82) is 0 Å². The molecule has 1 atom stereocenters. The molecule has 0 amide bonds. The molecule has 0 aromatic carbocycles. The van der Waals surface area contributed by atoms with Gasteiger partial charge in [-0.1, -0.05) is 112 Å². The summed E-state index contributed by atoms with van der Waals surface area (Å²) in [6, 6.07) is 0. The lowest BCUT2D eigenvalue weighted by molar-refractivity contribution is 0.245. The third kappa shape index (κ3) is 23.1. The lowest BCUT2D eigenvalue weighted by Crippen LogP contribution is -2.16. The molecule has 0 spiro atoms. The zero-order valence-corrected chi connectivity index (χ0v) is 13.6. The summed E-state index contributed by atoms with van der Waals surface area (Å²) >= 11 is 0. The van der Waals surface area contributed by atoms with Gasteiger partial charge in [-0.2, -0.15) is 0 Å². The van der Waals surface area contributed by atoms with Crippen LogP contribution >= 0.6 is 0 Å². The van der Waals surface area contributed by atoms with Gasteiger partial charge in [0.25, 0.3) is 0 Å². The van der Waals surface area contributed by atoms with Gasteiger partial charge in [-0.3, -0.25) is 0 Å². The molecule has 0 aliphatic rings. The van der Waals surface area contributed by atoms with Gasteiger partial charge in [-0.15, -0.1) is 0 Å². The van der Waals surface area contributed by atoms with Crippen LogP contribution in [0.2, 0.25) is 0 Å². The molecule has 1 unspecified atom stereocenters. The molecule has 0 nitrogen and oxygen atoms in total. The smallest absolute Gasteiger partial charge is 0.0357 e. The summed E-state index contributed by atoms with van der Waals surface area (Å²) in [5, 5.41) is 0. The van der Waals surface area contributed by atoms with E-state index in [1.807, 2.05) is 0 Å². The summed E-state index contributed by atoms with van der Waals surface area (Å²) in [7, 11) is 0. The topological polar surface area (TPSA) is 0 Å². The van der Waals surface area contributed by atoms with Gasteiger partial charge in [0.05, 0.1) is 0 Å². The monoisotopic (exact) mass is 292 g/mol. The number of hydrogen-bond donors (Lipinski definition) is 0. The molecule has 132 valence electrons. The van der Waals surface area contributed by atoms with Crippen molar-refractivity contribution >= 4 is 0 Å². The van der Waals surface area contributed by atoms with E-state index in [2.05, 4.69) is 69.2 Å². The van der Waals surface area contributed by atoms with E-state index < -0.39 is 0 Å². The Morgan fingerprint density at radius 3 is 0.950 bits per heavy atom. The fourth-order valence-corrected chi connectivity index (χ4v) is 0.866. The third-order valence-corrected chi connectivity index (χ3v) is 3.93. The Morgan fingerprint density at radius 1 is 0.650 bits per heavy atom. The summed E-state index contributed by atoms with van der Waals surface area (Å²) in [5.74, 6) is 1.66. The molecule has 0 saturated carbocycles. The highest BCUT2D eigenvalue weighted by atomic mass is 14.2. The zero-order chi connectivity index (χ0) is 13.6. The first-order valence-electron chi connectivity index (χ1n) is 6.92. The van der Waals surface area contributed by atoms with Gasteiger partial charge in [0, 0.05) is 0 Å². The molecule has 0 aliphatic heterocycles. The van der Waals surface area contributed by atoms with Crippen molar-refractivity contribution in [3.63, 3.8) is 0 Å². The maximum absolute atomic E-state index is 2.34. The van der Waals surface area contributed by atoms with Gasteiger partial charge >= 0.3 is 0 Å². The van der Waals surface area contributed by atoms with Gasteiger partial charge in [0.15, 0.2) is 0 Å². The Kier molecular flexibility index (Phi) is 28.3. The molecule has 0 N–H and O–H groups in total. The molecule has 0 heterocycles. The van der Waals surface area contributed by atoms with Crippen molar-refractivity contribution in [2.24, 2.45) is 22.7 Å². The van der Waals surface area contributed by atoms with Gasteiger partial charge in [0.1, 0.15) is 0 Å². The van der Waals surface area contributed by atoms with Crippen LogP contribution in [0.3, 0.4) is 0 Å². The normalized spacial score (nSPS) is 11.6. The Balaban J connectivity index is -0.0000000416. The molecule has 0 rings (SSSR count). The fourth-order valence-electron chi connectivity index (χ4n) is 0.866. The molecule has 0 radical (unpaired) electrons. The second-order valence-electron chi connectivity index (χ2n) is 7.58. The van der Waals surface area contributed by atoms with Crippen LogP contribution in [0.1, 0.15) is 112 Å². The van der Waals surface area contributed by atoms with E-state index in [0.29, 0.717) is 10.8 Å². The van der Waals surface area contributed by atoms with Gasteiger partial charge in [-0.25, -0.2) is 0 Å². The fraction of sp³-hybridized carbons (Fsp3) is 1.00. The van der Waals surface area contributed by atoms with Crippen LogP contribution in [-0.2, 0) is 0 Å². The molecule has 0 aromatic heterocycles. The van der Waals surface area contributed by atoms with Gasteiger partial charge in [0.2, 0.25) is 0 Å². The van der Waals surface area contributed by atoms with Crippen molar-refractivity contribution in [2.75, 3.05) is 0 Å². The maximum Gasteiger partial charge on any atom is -0.0357 e. The van der Waals surface area contributed by atoms with Crippen molar-refractivity contribution in [3.05, 3.63) is 0 Å². The number of hydrogen-bond acceptors (Lipinski definition) is 0. The quantitative estimate of drug-likeness (QED) is 0.477. The van der Waals surface area contributed by atoms with Crippen molar-refractivity contribution in [2.45, 2.75) is 112 Å². The summed E-state index contributed by atoms with van der Waals surface area (Å²) in [5.41, 5.74) is 1.01. The highest BCUT2D eigenvalue weighted by Gasteiger charge is 2.18. The van der Waals surface area contributed by atoms with Crippen molar-refractivity contribution in [3.8, 4) is 0 Å². The van der Waals surface area contributed by atoms with Crippen LogP contribution in [0.25, 0.3) is 0 Å². The summed E-state index contributed by atoms with van der Waals surface area (Å²) in [4.78, 5) is 0. The second-order valence-corrected chi connectivity index (χ2v) is 7.58. The summed E-state index contributed by atoms with van der Waals surface area (Å²) in [6.07, 6.45) is 2.68. The predicted octanol–water partition coefficient (Wildman–Crippen LogP) is 8.70. The molecule has 20 heavy (non-hydrogen) atoms. The molecule has 0 bridgehead atoms. The Bertz CT molecular complexity index is 152. The van der Waals surface area contributed by atoms with Gasteiger partial charge in [-0.05, 0) is 22.7 Å². The minimum atomic E-state index is 0. The highest BCUT2D eigenvalue weighted by Crippen LogP contribution is 2.28. The van der Waals surface area contributed by atoms with Crippen molar-refractivity contribution < 1.29 is 0 Å². The molecule has 0 heteroatoms. The van der Waals surface area contributed by atoms with E-state index in [1.165, 1.54) is 12.8 Å². The lowest BCUT2D eigenvalue weighted by atomic mass is 9.80. The number of rotatable bonds is 2. The van der Waals surface area contributed by atoms with Crippen LogP contribution in [0, 0.1) is 22.7 Å². The van der Waals surface area contributed by atoms with Crippen LogP contribution < -0.4 is 0 Å². The van der Waals surface area contributed by atoms with E-state index in [1.54, 1.807) is 0 Å². The Labute approximate surface area is 135 Å². The predicted molar refractivity (Wildman–Crippen MR) is 105 cm³/mol. The Morgan fingerprint density at radius 2 is 0.900 bits per heavy atom. The molecular formula is C20H52. The highest BCUT2D eigenvalue weighted by molar-refractivity contribution is 4.68. The van der Waals surface area contributed by atoms with Crippen LogP contribution in [0.4, 0.5) is 0 Å². The first-order valence-corrected chi connectivity index (χ1v) is 6.92. The van der Waals surface area contributed by atoms with E-state index in [4.69, 9.17) is 0 Å². The van der Waals surface area contributed by atoms with Crippen LogP contribution in [0.5, 0.6) is 0 Å². The molecule has 0 fully saturated rings. The van der Waals surface area contributed by atoms with Crippen LogP contribution in [0.15, 0.2) is 0 Å². The minimum absolute atomic E-state index is 0. The summed E-state index contributed by atoms with van der Waals surface area (Å²) < 4.78 is 0. The zero-order valence-electron chi connectivity index (χ0n) is 13.6. The average molecular weight is 293 g/mol. The molecule has 0 aliphatic carbocycles. The largest absolute Gasteiger partial charge is 0.0776 e. The second kappa shape index (κ2) is 15.4. The first kappa shape index (κ1) is 36.8. The molecule has 0 saturated heterocycles. The Hall–Kier alpha value is 0. The average Bonchev–Trinajstić information content (AvgIpc) is 2.02. The van der Waals surface area contributed by atoms with E-state index in [-0.39, 0.29) is 29.7 Å². The van der Waals surface area contributed by atoms with Gasteiger partial charge < -0.3 is 0 Å². The molecule has 0 aromatic rings. The lowest BCUT2D eigenvalue weighted by Gasteiger charge is -2.26. The molecular weight excluding hydrogens is 240 g/mol. The van der Waals surface area contributed by atoms with Crippen molar-refractivity contribution in [1.82, 2.24) is 0 Å². The third-order valence-electron chi connectivity index (χ3n) is 3.93. The minimum Gasteiger partial charge on any atom is -0.0776 e. The van der Waals surface area contributed by atoms with E-state index >= 15 is 0 Å².